The van der Waals surface area contributed by atoms with E-state index in [4.69, 9.17) is 4.74 Å². The third-order valence-electron chi connectivity index (χ3n) is 4.32. The topological polar surface area (TPSA) is 66.8 Å². The van der Waals surface area contributed by atoms with Gasteiger partial charge in [0.25, 0.3) is 0 Å². The number of ketones is 1. The van der Waals surface area contributed by atoms with Gasteiger partial charge in [-0.3, -0.25) is 4.79 Å². The number of methoxy groups -OCH3 is 1. The molecule has 0 fully saturated rings. The van der Waals surface area contributed by atoms with Crippen molar-refractivity contribution in [2.75, 3.05) is 7.11 Å². The van der Waals surface area contributed by atoms with Gasteiger partial charge in [0.15, 0.2) is 5.78 Å². The quantitative estimate of drug-likeness (QED) is 0.363. The summed E-state index contributed by atoms with van der Waals surface area (Å²) in [6.07, 6.45) is 12.5. The normalized spacial score (nSPS) is 10.8. The van der Waals surface area contributed by atoms with E-state index in [1.165, 1.54) is 64.2 Å². The number of ether oxygens (including phenoxy) is 1. The molecular weight excluding hydrogens is 304 g/mol. The Kier molecular flexibility index (Phi) is 9.97. The van der Waals surface area contributed by atoms with Crippen LogP contribution in [0.25, 0.3) is 0 Å². The Balaban J connectivity index is 2.23. The maximum absolute atomic E-state index is 12.3. The predicted molar refractivity (Wildman–Crippen MR) is 97.1 cm³/mol. The molecule has 4 heteroatoms. The van der Waals surface area contributed by atoms with Gasteiger partial charge in [-0.25, -0.2) is 0 Å². The van der Waals surface area contributed by atoms with Gasteiger partial charge in [0.2, 0.25) is 0 Å². The second-order valence-electron chi connectivity index (χ2n) is 6.40. The van der Waals surface area contributed by atoms with Crippen molar-refractivity contribution in [2.45, 2.75) is 77.6 Å². The lowest BCUT2D eigenvalue weighted by atomic mass is 10.0. The number of benzene rings is 1. The lowest BCUT2D eigenvalue weighted by molar-refractivity contribution is 0.0973. The highest BCUT2D eigenvalue weighted by Gasteiger charge is 2.18. The molecule has 0 unspecified atom stereocenters. The summed E-state index contributed by atoms with van der Waals surface area (Å²) in [4.78, 5) is 12.3. The lowest BCUT2D eigenvalue weighted by Gasteiger charge is -2.10. The Bertz CT molecular complexity index is 497. The molecule has 0 atom stereocenters. The van der Waals surface area contributed by atoms with E-state index in [1.807, 2.05) is 0 Å². The van der Waals surface area contributed by atoms with E-state index in [-0.39, 0.29) is 28.6 Å². The first-order valence-corrected chi connectivity index (χ1v) is 9.23. The van der Waals surface area contributed by atoms with Gasteiger partial charge >= 0.3 is 0 Å². The van der Waals surface area contributed by atoms with E-state index in [1.54, 1.807) is 0 Å². The number of hydrogen-bond acceptors (Lipinski definition) is 4. The number of phenolic OH excluding ortho intramolecular Hbond substituents is 2. The van der Waals surface area contributed by atoms with Gasteiger partial charge in [-0.15, -0.1) is 0 Å². The van der Waals surface area contributed by atoms with Crippen LogP contribution in [0.4, 0.5) is 0 Å². The number of rotatable bonds is 13. The summed E-state index contributed by atoms with van der Waals surface area (Å²) < 4.78 is 5.09. The van der Waals surface area contributed by atoms with Gasteiger partial charge in [0, 0.05) is 18.6 Å². The fraction of sp³-hybridized carbons (Fsp3) is 0.650. The number of hydrogen-bond donors (Lipinski definition) is 2. The van der Waals surface area contributed by atoms with Crippen molar-refractivity contribution in [1.82, 2.24) is 0 Å². The van der Waals surface area contributed by atoms with E-state index < -0.39 is 0 Å². The Hall–Kier alpha value is -1.71. The van der Waals surface area contributed by atoms with Crippen LogP contribution in [-0.4, -0.2) is 23.1 Å². The van der Waals surface area contributed by atoms with Gasteiger partial charge in [-0.05, 0) is 6.42 Å². The first kappa shape index (κ1) is 20.3. The molecule has 2 N–H and O–H groups in total. The van der Waals surface area contributed by atoms with Crippen molar-refractivity contribution in [1.29, 1.82) is 0 Å². The Morgan fingerprint density at radius 1 is 0.917 bits per heavy atom. The number of carbonyl (C=O) groups is 1. The number of unbranched alkanes of at least 4 members (excludes halogenated alkanes) is 9. The van der Waals surface area contributed by atoms with Crippen LogP contribution in [0.15, 0.2) is 12.1 Å². The van der Waals surface area contributed by atoms with Gasteiger partial charge in [-0.1, -0.05) is 64.7 Å². The number of aromatic hydroxyl groups is 2. The molecule has 0 aromatic heterocycles. The van der Waals surface area contributed by atoms with Crippen molar-refractivity contribution < 1.29 is 19.7 Å². The number of Topliss-reactive ketones (excluding diaryl/α,β-unsaturated/α-hetero) is 1. The molecule has 0 amide bonds. The van der Waals surface area contributed by atoms with Crippen LogP contribution in [0, 0.1) is 0 Å². The number of phenols is 2. The Morgan fingerprint density at radius 2 is 1.46 bits per heavy atom. The molecule has 0 radical (unpaired) electrons. The highest BCUT2D eigenvalue weighted by Crippen LogP contribution is 2.33. The molecule has 0 saturated heterocycles. The average molecular weight is 336 g/mol. The summed E-state index contributed by atoms with van der Waals surface area (Å²) in [5, 5.41) is 19.3. The van der Waals surface area contributed by atoms with Crippen molar-refractivity contribution >= 4 is 5.78 Å². The molecule has 136 valence electrons. The molecule has 0 spiro atoms. The Morgan fingerprint density at radius 3 is 2.00 bits per heavy atom. The monoisotopic (exact) mass is 336 g/mol. The molecule has 1 rings (SSSR count). The highest BCUT2D eigenvalue weighted by atomic mass is 16.5. The maximum atomic E-state index is 12.3. The van der Waals surface area contributed by atoms with E-state index in [9.17, 15) is 15.0 Å². The third-order valence-corrected chi connectivity index (χ3v) is 4.32. The fourth-order valence-corrected chi connectivity index (χ4v) is 2.93. The van der Waals surface area contributed by atoms with Crippen LogP contribution in [0.5, 0.6) is 17.2 Å². The molecule has 24 heavy (non-hydrogen) atoms. The largest absolute Gasteiger partial charge is 0.508 e. The third kappa shape index (κ3) is 7.24. The smallest absolute Gasteiger partial charge is 0.170 e. The van der Waals surface area contributed by atoms with Crippen molar-refractivity contribution in [2.24, 2.45) is 0 Å². The molecule has 1 aromatic rings. The molecule has 0 aliphatic heterocycles. The van der Waals surface area contributed by atoms with Gasteiger partial charge in [-0.2, -0.15) is 0 Å². The Labute approximate surface area is 145 Å². The van der Waals surface area contributed by atoms with Gasteiger partial charge in [0.1, 0.15) is 22.8 Å². The molecule has 1 aromatic carbocycles. The van der Waals surface area contributed by atoms with Crippen LogP contribution in [0.2, 0.25) is 0 Å². The summed E-state index contributed by atoms with van der Waals surface area (Å²) in [6.45, 7) is 2.23. The second kappa shape index (κ2) is 11.8. The van der Waals surface area contributed by atoms with Gasteiger partial charge in [0.05, 0.1) is 7.11 Å². The predicted octanol–water partition coefficient (Wildman–Crippen LogP) is 5.60. The zero-order valence-electron chi connectivity index (χ0n) is 15.1. The summed E-state index contributed by atoms with van der Waals surface area (Å²) >= 11 is 0. The minimum absolute atomic E-state index is 0.111. The summed E-state index contributed by atoms with van der Waals surface area (Å²) in [6, 6.07) is 2.53. The minimum Gasteiger partial charge on any atom is -0.508 e. The van der Waals surface area contributed by atoms with Crippen LogP contribution < -0.4 is 4.74 Å². The van der Waals surface area contributed by atoms with Crippen molar-refractivity contribution in [3.05, 3.63) is 17.7 Å². The van der Waals surface area contributed by atoms with Crippen LogP contribution in [-0.2, 0) is 0 Å². The number of carbonyl (C=O) groups excluding carboxylic acids is 1. The van der Waals surface area contributed by atoms with E-state index in [0.717, 1.165) is 19.3 Å². The maximum Gasteiger partial charge on any atom is 0.170 e. The molecule has 0 heterocycles. The van der Waals surface area contributed by atoms with E-state index >= 15 is 0 Å². The van der Waals surface area contributed by atoms with E-state index in [2.05, 4.69) is 6.92 Å². The molecule has 0 bridgehead atoms. The van der Waals surface area contributed by atoms with E-state index in [0.29, 0.717) is 6.42 Å². The highest BCUT2D eigenvalue weighted by molar-refractivity contribution is 6.01. The first-order valence-electron chi connectivity index (χ1n) is 9.23. The molecule has 0 aliphatic rings. The summed E-state index contributed by atoms with van der Waals surface area (Å²) in [5.74, 6) is -0.239. The van der Waals surface area contributed by atoms with Crippen LogP contribution in [0.1, 0.15) is 87.9 Å². The minimum atomic E-state index is -0.219. The molecule has 4 nitrogen and oxygen atoms in total. The van der Waals surface area contributed by atoms with Crippen LogP contribution in [0.3, 0.4) is 0 Å². The molecule has 0 aliphatic carbocycles. The zero-order chi connectivity index (χ0) is 17.8. The second-order valence-corrected chi connectivity index (χ2v) is 6.40. The summed E-state index contributed by atoms with van der Waals surface area (Å²) in [5.41, 5.74) is 0.172. The zero-order valence-corrected chi connectivity index (χ0v) is 15.1. The standard InChI is InChI=1S/C20H32O4/c1-3-4-5-6-7-8-9-10-11-12-13-17(22)20-18(23)14-16(21)15-19(20)24-2/h14-15,21,23H,3-13H2,1-2H3. The lowest BCUT2D eigenvalue weighted by Crippen LogP contribution is -2.03. The summed E-state index contributed by atoms with van der Waals surface area (Å²) in [7, 11) is 1.42. The fourth-order valence-electron chi connectivity index (χ4n) is 2.93. The first-order chi connectivity index (χ1) is 11.6. The van der Waals surface area contributed by atoms with Crippen molar-refractivity contribution in [3.8, 4) is 17.2 Å². The average Bonchev–Trinajstić information content (AvgIpc) is 2.55. The van der Waals surface area contributed by atoms with Crippen molar-refractivity contribution in [3.63, 3.8) is 0 Å². The SMILES string of the molecule is CCCCCCCCCCCCC(=O)c1c(O)cc(O)cc1OC. The van der Waals surface area contributed by atoms with Crippen LogP contribution >= 0.6 is 0 Å². The molecular formula is C20H32O4. The van der Waals surface area contributed by atoms with Gasteiger partial charge < -0.3 is 14.9 Å². The molecule has 0 saturated carbocycles.